The Bertz CT molecular complexity index is 1470. The van der Waals surface area contributed by atoms with Crippen LogP contribution in [0.15, 0.2) is 97.3 Å². The van der Waals surface area contributed by atoms with Crippen LogP contribution in [0.3, 0.4) is 0 Å². The highest BCUT2D eigenvalue weighted by molar-refractivity contribution is 6.30. The predicted octanol–water partition coefficient (Wildman–Crippen LogP) is 7.43. The molecule has 0 saturated carbocycles. The highest BCUT2D eigenvalue weighted by Crippen LogP contribution is 2.35. The molecule has 0 fully saturated rings. The largest absolute Gasteiger partial charge is 0.478 e. The zero-order valence-corrected chi connectivity index (χ0v) is 20.5. The van der Waals surface area contributed by atoms with Gasteiger partial charge >= 0.3 is 5.97 Å². The van der Waals surface area contributed by atoms with Crippen molar-refractivity contribution in [1.82, 2.24) is 9.97 Å². The number of rotatable bonds is 7. The minimum absolute atomic E-state index is 0.0412. The van der Waals surface area contributed by atoms with Crippen molar-refractivity contribution < 1.29 is 9.90 Å². The third-order valence-corrected chi connectivity index (χ3v) is 6.56. The number of hydrogen-bond acceptors (Lipinski definition) is 4. The molecule has 36 heavy (non-hydrogen) atoms. The van der Waals surface area contributed by atoms with Crippen LogP contribution in [-0.4, -0.2) is 21.0 Å². The van der Waals surface area contributed by atoms with Crippen molar-refractivity contribution >= 4 is 45.9 Å². The van der Waals surface area contributed by atoms with Gasteiger partial charge in [-0.1, -0.05) is 65.7 Å². The summed E-state index contributed by atoms with van der Waals surface area (Å²) in [6.07, 6.45) is 1.54. The Labute approximate surface area is 218 Å². The van der Waals surface area contributed by atoms with Gasteiger partial charge in [-0.15, -0.1) is 0 Å². The first kappa shape index (κ1) is 23.8. The van der Waals surface area contributed by atoms with Crippen LogP contribution in [0.4, 0.5) is 5.82 Å². The van der Waals surface area contributed by atoms with Crippen LogP contribution in [0, 0.1) is 0 Å². The molecular formula is C29H21Cl2N3O2. The molecule has 1 aromatic heterocycles. The van der Waals surface area contributed by atoms with Crippen molar-refractivity contribution in [2.24, 2.45) is 0 Å². The van der Waals surface area contributed by atoms with E-state index in [9.17, 15) is 4.79 Å². The van der Waals surface area contributed by atoms with Crippen molar-refractivity contribution in [3.05, 3.63) is 135 Å². The van der Waals surface area contributed by atoms with Crippen LogP contribution >= 0.6 is 23.2 Å². The fraction of sp³-hybridized carbons (Fsp3) is 0.0690. The third-order valence-electron chi connectivity index (χ3n) is 6.06. The molecule has 1 heterocycles. The van der Waals surface area contributed by atoms with Gasteiger partial charge in [-0.05, 0) is 70.8 Å². The number of benzene rings is 4. The number of nitrogens with zero attached hydrogens (tertiary/aromatic N) is 2. The average Bonchev–Trinajstić information content (AvgIpc) is 2.90. The summed E-state index contributed by atoms with van der Waals surface area (Å²) in [5, 5.41) is 14.8. The van der Waals surface area contributed by atoms with Crippen molar-refractivity contribution in [2.45, 2.75) is 12.5 Å². The van der Waals surface area contributed by atoms with E-state index in [0.717, 1.165) is 33.2 Å². The summed E-state index contributed by atoms with van der Waals surface area (Å²) in [4.78, 5) is 20.0. The Morgan fingerprint density at radius 2 is 1.36 bits per heavy atom. The Morgan fingerprint density at radius 1 is 0.778 bits per heavy atom. The predicted molar refractivity (Wildman–Crippen MR) is 144 cm³/mol. The topological polar surface area (TPSA) is 75.1 Å². The quantitative estimate of drug-likeness (QED) is 0.221. The maximum absolute atomic E-state index is 11.1. The Balaban J connectivity index is 1.52. The number of aromatic nitrogens is 2. The van der Waals surface area contributed by atoms with Gasteiger partial charge in [-0.2, -0.15) is 0 Å². The lowest BCUT2D eigenvalue weighted by Crippen LogP contribution is -2.06. The summed E-state index contributed by atoms with van der Waals surface area (Å²) >= 11 is 12.3. The molecule has 0 atom stereocenters. The van der Waals surface area contributed by atoms with Crippen molar-refractivity contribution in [2.75, 3.05) is 5.32 Å². The molecule has 178 valence electrons. The second-order valence-corrected chi connectivity index (χ2v) is 9.26. The number of fused-ring (bicyclic) bond motifs is 1. The first-order valence-electron chi connectivity index (χ1n) is 11.3. The molecule has 2 N–H and O–H groups in total. The summed E-state index contributed by atoms with van der Waals surface area (Å²) in [7, 11) is 0. The second kappa shape index (κ2) is 10.4. The van der Waals surface area contributed by atoms with Crippen molar-refractivity contribution in [3.63, 3.8) is 0 Å². The van der Waals surface area contributed by atoms with E-state index in [0.29, 0.717) is 22.4 Å². The molecule has 0 saturated heterocycles. The van der Waals surface area contributed by atoms with Crippen LogP contribution in [0.25, 0.3) is 10.9 Å². The number of carboxylic acid groups (broad SMARTS) is 1. The molecule has 0 aliphatic heterocycles. The SMILES string of the molecule is O=C(O)c1ccc(CNc2ncnc3ccc(C(c4ccc(Cl)cc4)c4ccc(Cl)cc4)cc23)cc1. The van der Waals surface area contributed by atoms with Gasteiger partial charge in [-0.25, -0.2) is 14.8 Å². The lowest BCUT2D eigenvalue weighted by molar-refractivity contribution is 0.0697. The number of aromatic carboxylic acids is 1. The van der Waals surface area contributed by atoms with E-state index in [1.54, 1.807) is 24.3 Å². The summed E-state index contributed by atoms with van der Waals surface area (Å²) in [6.45, 7) is 0.494. The second-order valence-electron chi connectivity index (χ2n) is 8.39. The normalized spacial score (nSPS) is 11.1. The van der Waals surface area contributed by atoms with E-state index in [2.05, 4.69) is 27.4 Å². The number of carbonyl (C=O) groups is 1. The van der Waals surface area contributed by atoms with E-state index in [4.69, 9.17) is 28.3 Å². The van der Waals surface area contributed by atoms with Crippen LogP contribution in [0.1, 0.15) is 38.5 Å². The smallest absolute Gasteiger partial charge is 0.335 e. The van der Waals surface area contributed by atoms with E-state index >= 15 is 0 Å². The van der Waals surface area contributed by atoms with Gasteiger partial charge < -0.3 is 10.4 Å². The number of carboxylic acids is 1. The van der Waals surface area contributed by atoms with Gasteiger partial charge in [-0.3, -0.25) is 0 Å². The standard InChI is InChI=1S/C29H21Cl2N3O2/c30-23-10-5-19(6-11-23)27(20-7-12-24(31)13-8-20)22-9-14-26-25(15-22)28(34-17-33-26)32-16-18-1-3-21(4-2-18)29(35)36/h1-15,17,27H,16H2,(H,35,36)(H,32,33,34). The summed E-state index contributed by atoms with van der Waals surface area (Å²) in [5.74, 6) is -0.282. The number of halogens is 2. The third kappa shape index (κ3) is 5.18. The van der Waals surface area contributed by atoms with Gasteiger partial charge in [0, 0.05) is 27.9 Å². The van der Waals surface area contributed by atoms with Crippen LogP contribution in [0.2, 0.25) is 10.0 Å². The lowest BCUT2D eigenvalue weighted by atomic mass is 9.85. The minimum atomic E-state index is -0.945. The number of nitrogens with one attached hydrogen (secondary N) is 1. The van der Waals surface area contributed by atoms with Crippen molar-refractivity contribution in [1.29, 1.82) is 0 Å². The van der Waals surface area contributed by atoms with Crippen LogP contribution < -0.4 is 5.32 Å². The molecule has 7 heteroatoms. The number of anilines is 1. The molecule has 0 aliphatic carbocycles. The zero-order valence-electron chi connectivity index (χ0n) is 19.0. The van der Waals surface area contributed by atoms with Crippen LogP contribution in [0.5, 0.6) is 0 Å². The molecule has 0 amide bonds. The fourth-order valence-electron chi connectivity index (χ4n) is 4.23. The Kier molecular flexibility index (Phi) is 6.85. The Hall–Kier alpha value is -3.93. The van der Waals surface area contributed by atoms with Gasteiger partial charge in [0.15, 0.2) is 0 Å². The van der Waals surface area contributed by atoms with Gasteiger partial charge in [0.25, 0.3) is 0 Å². The van der Waals surface area contributed by atoms with E-state index < -0.39 is 5.97 Å². The molecule has 0 spiro atoms. The summed E-state index contributed by atoms with van der Waals surface area (Å²) < 4.78 is 0. The summed E-state index contributed by atoms with van der Waals surface area (Å²) in [6, 6.07) is 28.7. The molecule has 4 aromatic carbocycles. The van der Waals surface area contributed by atoms with Gasteiger partial charge in [0.2, 0.25) is 0 Å². The molecular weight excluding hydrogens is 493 g/mol. The zero-order chi connectivity index (χ0) is 25.1. The van der Waals surface area contributed by atoms with E-state index in [1.165, 1.54) is 6.33 Å². The van der Waals surface area contributed by atoms with E-state index in [-0.39, 0.29) is 11.5 Å². The monoisotopic (exact) mass is 513 g/mol. The van der Waals surface area contributed by atoms with Crippen molar-refractivity contribution in [3.8, 4) is 0 Å². The highest BCUT2D eigenvalue weighted by Gasteiger charge is 2.18. The Morgan fingerprint density at radius 3 is 1.94 bits per heavy atom. The maximum Gasteiger partial charge on any atom is 0.335 e. The molecule has 5 rings (SSSR count). The molecule has 5 aromatic rings. The molecule has 0 aliphatic rings. The molecule has 0 unspecified atom stereocenters. The van der Waals surface area contributed by atoms with Gasteiger partial charge in [0.1, 0.15) is 12.1 Å². The lowest BCUT2D eigenvalue weighted by Gasteiger charge is -2.20. The molecule has 5 nitrogen and oxygen atoms in total. The first-order chi connectivity index (χ1) is 17.5. The molecule has 0 bridgehead atoms. The fourth-order valence-corrected chi connectivity index (χ4v) is 4.49. The van der Waals surface area contributed by atoms with Gasteiger partial charge in [0.05, 0.1) is 11.1 Å². The number of hydrogen-bond donors (Lipinski definition) is 2. The highest BCUT2D eigenvalue weighted by atomic mass is 35.5. The molecule has 0 radical (unpaired) electrons. The van der Waals surface area contributed by atoms with E-state index in [1.807, 2.05) is 54.6 Å². The first-order valence-corrected chi connectivity index (χ1v) is 12.1. The summed E-state index contributed by atoms with van der Waals surface area (Å²) in [5.41, 5.74) is 5.31. The minimum Gasteiger partial charge on any atom is -0.478 e. The average molecular weight is 514 g/mol. The maximum atomic E-state index is 11.1. The van der Waals surface area contributed by atoms with Crippen LogP contribution in [-0.2, 0) is 6.54 Å².